The Hall–Kier alpha value is -3.70. The minimum Gasteiger partial charge on any atom is -0.484 e. The second-order valence-electron chi connectivity index (χ2n) is 7.65. The average Bonchev–Trinajstić information content (AvgIpc) is 3.35. The highest BCUT2D eigenvalue weighted by molar-refractivity contribution is 8.06. The number of carbonyl (C=O) groups excluding carboxylic acids is 2. The van der Waals surface area contributed by atoms with Crippen molar-refractivity contribution < 1.29 is 24.2 Å². The van der Waals surface area contributed by atoms with Crippen molar-refractivity contribution in [1.29, 1.82) is 0 Å². The number of aliphatic carboxylic acids is 1. The molecule has 1 saturated heterocycles. The van der Waals surface area contributed by atoms with Crippen LogP contribution in [0.4, 0.5) is 0 Å². The molecule has 35 heavy (non-hydrogen) atoms. The molecule has 1 aromatic heterocycles. The number of nitrogens with one attached hydrogen (secondary N) is 1. The molecule has 3 heterocycles. The third-order valence-corrected chi connectivity index (χ3v) is 7.97. The Morgan fingerprint density at radius 1 is 1.11 bits per heavy atom. The average molecular weight is 509 g/mol. The third-order valence-electron chi connectivity index (χ3n) is 5.40. The zero-order chi connectivity index (χ0) is 24.4. The minimum absolute atomic E-state index is 0.0596. The maximum Gasteiger partial charge on any atom is 0.353 e. The molecule has 0 unspecified atom stereocenters. The molecule has 2 N–H and O–H groups in total. The van der Waals surface area contributed by atoms with Gasteiger partial charge in [-0.2, -0.15) is 5.10 Å². The fourth-order valence-electron chi connectivity index (χ4n) is 3.81. The Labute approximate surface area is 209 Å². The molecular formula is C24H20N4O5S2. The van der Waals surface area contributed by atoms with Crippen LogP contribution in [0.1, 0.15) is 0 Å². The second kappa shape index (κ2) is 9.88. The molecule has 9 nitrogen and oxygen atoms in total. The number of carboxylic acid groups (broad SMARTS) is 1. The zero-order valence-corrected chi connectivity index (χ0v) is 19.9. The highest BCUT2D eigenvalue weighted by Gasteiger charge is 2.54. The monoisotopic (exact) mass is 508 g/mol. The van der Waals surface area contributed by atoms with Gasteiger partial charge in [0.15, 0.2) is 6.61 Å². The first kappa shape index (κ1) is 23.1. The predicted octanol–water partition coefficient (Wildman–Crippen LogP) is 2.74. The van der Waals surface area contributed by atoms with Crippen LogP contribution in [-0.4, -0.2) is 61.3 Å². The first-order valence-corrected chi connectivity index (χ1v) is 12.5. The van der Waals surface area contributed by atoms with E-state index in [0.29, 0.717) is 16.4 Å². The molecule has 0 radical (unpaired) electrons. The van der Waals surface area contributed by atoms with E-state index in [0.717, 1.165) is 10.7 Å². The van der Waals surface area contributed by atoms with Gasteiger partial charge < -0.3 is 15.2 Å². The van der Waals surface area contributed by atoms with Crippen molar-refractivity contribution in [3.05, 3.63) is 83.5 Å². The maximum absolute atomic E-state index is 12.9. The van der Waals surface area contributed by atoms with Gasteiger partial charge >= 0.3 is 5.97 Å². The summed E-state index contributed by atoms with van der Waals surface area (Å²) in [6, 6.07) is 19.4. The van der Waals surface area contributed by atoms with Gasteiger partial charge in [-0.15, -0.1) is 11.8 Å². The van der Waals surface area contributed by atoms with E-state index in [4.69, 9.17) is 4.74 Å². The number of aromatic nitrogens is 2. The first-order valence-electron chi connectivity index (χ1n) is 10.7. The smallest absolute Gasteiger partial charge is 0.353 e. The number of fused-ring (bicyclic) bond motifs is 1. The fourth-order valence-corrected chi connectivity index (χ4v) is 6.34. The molecule has 0 saturated carbocycles. The normalized spacial score (nSPS) is 19.1. The highest BCUT2D eigenvalue weighted by Crippen LogP contribution is 2.45. The van der Waals surface area contributed by atoms with E-state index >= 15 is 0 Å². The number of benzene rings is 2. The molecule has 2 aliphatic rings. The Morgan fingerprint density at radius 2 is 1.83 bits per heavy atom. The van der Waals surface area contributed by atoms with Gasteiger partial charge in [-0.25, -0.2) is 9.48 Å². The van der Waals surface area contributed by atoms with Crippen LogP contribution in [0.2, 0.25) is 0 Å². The van der Waals surface area contributed by atoms with Gasteiger partial charge in [-0.3, -0.25) is 14.5 Å². The summed E-state index contributed by atoms with van der Waals surface area (Å²) < 4.78 is 7.16. The van der Waals surface area contributed by atoms with Gasteiger partial charge in [0.05, 0.1) is 11.9 Å². The fraction of sp³-hybridized carbons (Fsp3) is 0.167. The van der Waals surface area contributed by atoms with Gasteiger partial charge in [0.25, 0.3) is 11.8 Å². The molecular weight excluding hydrogens is 488 g/mol. The van der Waals surface area contributed by atoms with E-state index < -0.39 is 29.2 Å². The van der Waals surface area contributed by atoms with Crippen LogP contribution in [-0.2, 0) is 14.4 Å². The van der Waals surface area contributed by atoms with Gasteiger partial charge in [0, 0.05) is 10.7 Å². The van der Waals surface area contributed by atoms with E-state index in [1.54, 1.807) is 41.2 Å². The van der Waals surface area contributed by atoms with Crippen LogP contribution in [0.3, 0.4) is 0 Å². The van der Waals surface area contributed by atoms with Crippen LogP contribution in [0, 0.1) is 0 Å². The van der Waals surface area contributed by atoms with Crippen LogP contribution in [0.5, 0.6) is 5.75 Å². The molecule has 2 aromatic carbocycles. The number of thioether (sulfide) groups is 2. The van der Waals surface area contributed by atoms with E-state index in [1.165, 1.54) is 28.4 Å². The largest absolute Gasteiger partial charge is 0.484 e. The number of ether oxygens (including phenoxy) is 1. The van der Waals surface area contributed by atoms with E-state index in [2.05, 4.69) is 10.4 Å². The van der Waals surface area contributed by atoms with Crippen LogP contribution in [0.25, 0.3) is 5.69 Å². The Balaban J connectivity index is 1.29. The minimum atomic E-state index is -1.19. The van der Waals surface area contributed by atoms with Crippen molar-refractivity contribution in [3.8, 4) is 11.4 Å². The third kappa shape index (κ3) is 4.64. The van der Waals surface area contributed by atoms with Gasteiger partial charge in [-0.1, -0.05) is 48.2 Å². The highest BCUT2D eigenvalue weighted by atomic mass is 32.2. The topological polar surface area (TPSA) is 114 Å². The van der Waals surface area contributed by atoms with Crippen LogP contribution in [0.15, 0.2) is 88.6 Å². The number of rotatable bonds is 8. The summed E-state index contributed by atoms with van der Waals surface area (Å²) in [4.78, 5) is 39.2. The first-order chi connectivity index (χ1) is 17.0. The molecule has 0 aliphatic carbocycles. The molecule has 178 valence electrons. The number of β-lactam (4-membered cyclic amide) rings is 1. The lowest BCUT2D eigenvalue weighted by Crippen LogP contribution is -2.70. The Morgan fingerprint density at radius 3 is 2.54 bits per heavy atom. The van der Waals surface area contributed by atoms with Crippen molar-refractivity contribution in [3.63, 3.8) is 0 Å². The number of carboxylic acids is 1. The second-order valence-corrected chi connectivity index (χ2v) is 9.87. The quantitative estimate of drug-likeness (QED) is 0.447. The van der Waals surface area contributed by atoms with Crippen LogP contribution < -0.4 is 10.1 Å². The Bertz CT molecular complexity index is 1300. The van der Waals surface area contributed by atoms with Crippen molar-refractivity contribution in [1.82, 2.24) is 20.0 Å². The van der Waals surface area contributed by atoms with Crippen LogP contribution >= 0.6 is 23.5 Å². The lowest BCUT2D eigenvalue weighted by Gasteiger charge is -2.49. The van der Waals surface area contributed by atoms with Crippen molar-refractivity contribution in [2.75, 3.05) is 12.4 Å². The van der Waals surface area contributed by atoms with Gasteiger partial charge in [0.1, 0.15) is 27.9 Å². The molecule has 1 fully saturated rings. The lowest BCUT2D eigenvalue weighted by atomic mass is 10.1. The summed E-state index contributed by atoms with van der Waals surface area (Å²) in [5.74, 6) is -1.16. The number of hydrogen-bond donors (Lipinski definition) is 2. The van der Waals surface area contributed by atoms with Gasteiger partial charge in [-0.05, 0) is 30.3 Å². The SMILES string of the molecule is O=C(COc1ccccc1)N[C@@H]1C(=O)N2C(C(=O)O)=C(Sc3ccnn3-c3ccccc3)CS[C@@H]12. The van der Waals surface area contributed by atoms with E-state index in [-0.39, 0.29) is 12.3 Å². The molecule has 11 heteroatoms. The van der Waals surface area contributed by atoms with E-state index in [1.807, 2.05) is 36.4 Å². The molecule has 5 rings (SSSR count). The molecule has 3 aromatic rings. The number of carbonyl (C=O) groups is 3. The van der Waals surface area contributed by atoms with Crippen molar-refractivity contribution in [2.24, 2.45) is 0 Å². The zero-order valence-electron chi connectivity index (χ0n) is 18.2. The molecule has 0 bridgehead atoms. The number of hydrogen-bond acceptors (Lipinski definition) is 7. The summed E-state index contributed by atoms with van der Waals surface area (Å²) in [5.41, 5.74) is 0.787. The summed E-state index contributed by atoms with van der Waals surface area (Å²) in [7, 11) is 0. The number of amides is 2. The number of para-hydroxylation sites is 2. The molecule has 2 atom stereocenters. The molecule has 2 amide bonds. The maximum atomic E-state index is 12.9. The predicted molar refractivity (Wildman–Crippen MR) is 131 cm³/mol. The summed E-state index contributed by atoms with van der Waals surface area (Å²) >= 11 is 2.68. The molecule has 2 aliphatic heterocycles. The summed E-state index contributed by atoms with van der Waals surface area (Å²) in [5, 5.41) is 17.2. The Kier molecular flexibility index (Phi) is 6.51. The lowest BCUT2D eigenvalue weighted by molar-refractivity contribution is -0.150. The standard InChI is InChI=1S/C24H20N4O5S2/c29-18(13-33-16-9-5-2-6-10-16)26-20-22(30)27-21(24(31)32)17(14-34-23(20)27)35-19-11-12-25-28(19)15-7-3-1-4-8-15/h1-12,20,23H,13-14H2,(H,26,29)(H,31,32)/t20-,23+/m1/s1. The number of nitrogens with zero attached hydrogens (tertiary/aromatic N) is 3. The van der Waals surface area contributed by atoms with Crippen molar-refractivity contribution >= 4 is 41.3 Å². The molecule has 0 spiro atoms. The van der Waals surface area contributed by atoms with E-state index in [9.17, 15) is 19.5 Å². The van der Waals surface area contributed by atoms with Crippen molar-refractivity contribution in [2.45, 2.75) is 16.4 Å². The summed E-state index contributed by atoms with van der Waals surface area (Å²) in [6.45, 7) is -0.239. The summed E-state index contributed by atoms with van der Waals surface area (Å²) in [6.07, 6.45) is 1.65. The van der Waals surface area contributed by atoms with Gasteiger partial charge in [0.2, 0.25) is 0 Å².